The summed E-state index contributed by atoms with van der Waals surface area (Å²) in [6, 6.07) is 3.00. The third kappa shape index (κ3) is 4.79. The van der Waals surface area contributed by atoms with Crippen molar-refractivity contribution in [1.82, 2.24) is 9.55 Å². The van der Waals surface area contributed by atoms with Crippen molar-refractivity contribution in [2.24, 2.45) is 0 Å². The highest BCUT2D eigenvalue weighted by Crippen LogP contribution is 2.24. The van der Waals surface area contributed by atoms with Crippen LogP contribution in [0.15, 0.2) is 27.5 Å². The molecule has 0 atom stereocenters. The van der Waals surface area contributed by atoms with Crippen molar-refractivity contribution in [2.75, 3.05) is 18.5 Å². The molecule has 1 heterocycles. The van der Waals surface area contributed by atoms with E-state index in [4.69, 9.17) is 9.84 Å². The number of hydrogen-bond acceptors (Lipinski definition) is 5. The molecule has 0 spiro atoms. The molecule has 0 saturated heterocycles. The normalized spacial score (nSPS) is 11.0. The fourth-order valence-electron chi connectivity index (χ4n) is 2.26. The first-order valence-corrected chi connectivity index (χ1v) is 8.88. The molecule has 2 rings (SSSR count). The van der Waals surface area contributed by atoms with E-state index in [-0.39, 0.29) is 46.7 Å². The largest absolute Gasteiger partial charge is 0.472 e. The lowest BCUT2D eigenvalue weighted by Crippen LogP contribution is -2.28. The second-order valence-electron chi connectivity index (χ2n) is 5.85. The summed E-state index contributed by atoms with van der Waals surface area (Å²) in [6.07, 6.45) is 0.487. The number of aromatic nitrogens is 2. The number of ether oxygens (including phenoxy) is 1. The van der Waals surface area contributed by atoms with Crippen LogP contribution in [0.3, 0.4) is 0 Å². The number of aliphatic hydroxyl groups excluding tert-OH is 1. The SMILES string of the molecule is CC(C)n1c(NCCCO)nc(OCc2ccc(F)cc2F)c(Br)c1=O. The van der Waals surface area contributed by atoms with E-state index in [1.807, 2.05) is 13.8 Å². The van der Waals surface area contributed by atoms with Crippen LogP contribution in [-0.2, 0) is 6.61 Å². The molecular weight excluding hydrogens is 412 g/mol. The molecule has 0 amide bonds. The monoisotopic (exact) mass is 431 g/mol. The van der Waals surface area contributed by atoms with Crippen LogP contribution in [0.25, 0.3) is 0 Å². The molecule has 0 bridgehead atoms. The highest BCUT2D eigenvalue weighted by Gasteiger charge is 2.18. The maximum absolute atomic E-state index is 13.7. The van der Waals surface area contributed by atoms with Gasteiger partial charge in [0.25, 0.3) is 5.56 Å². The number of halogens is 3. The summed E-state index contributed by atoms with van der Waals surface area (Å²) in [6.45, 7) is 3.88. The molecule has 2 aromatic rings. The van der Waals surface area contributed by atoms with Gasteiger partial charge in [-0.25, -0.2) is 8.78 Å². The van der Waals surface area contributed by atoms with E-state index < -0.39 is 11.6 Å². The summed E-state index contributed by atoms with van der Waals surface area (Å²) < 4.78 is 33.8. The van der Waals surface area contributed by atoms with Crippen LogP contribution in [0.2, 0.25) is 0 Å². The predicted molar refractivity (Wildman–Crippen MR) is 97.5 cm³/mol. The minimum absolute atomic E-state index is 0.00197. The number of nitrogens with zero attached hydrogens (tertiary/aromatic N) is 2. The fourth-order valence-corrected chi connectivity index (χ4v) is 2.65. The number of benzene rings is 1. The zero-order valence-corrected chi connectivity index (χ0v) is 16.0. The molecular formula is C17H20BrF2N3O3. The molecule has 0 unspecified atom stereocenters. The topological polar surface area (TPSA) is 76.4 Å². The van der Waals surface area contributed by atoms with Crippen LogP contribution < -0.4 is 15.6 Å². The standard InChI is InChI=1S/C17H20BrF2N3O3/c1-10(2)23-16(25)14(18)15(22-17(23)21-6-3-7-24)26-9-11-4-5-12(19)8-13(11)20/h4-5,8,10,24H,3,6-7,9H2,1-2H3,(H,21,22). The Morgan fingerprint density at radius 2 is 2.12 bits per heavy atom. The van der Waals surface area contributed by atoms with Crippen molar-refractivity contribution < 1.29 is 18.6 Å². The summed E-state index contributed by atoms with van der Waals surface area (Å²) >= 11 is 3.18. The van der Waals surface area contributed by atoms with Crippen LogP contribution in [-0.4, -0.2) is 27.8 Å². The molecule has 9 heteroatoms. The van der Waals surface area contributed by atoms with Gasteiger partial charge in [0.1, 0.15) is 22.7 Å². The second-order valence-corrected chi connectivity index (χ2v) is 6.64. The van der Waals surface area contributed by atoms with Crippen molar-refractivity contribution in [3.8, 4) is 5.88 Å². The lowest BCUT2D eigenvalue weighted by Gasteiger charge is -2.18. The Balaban J connectivity index is 2.31. The summed E-state index contributed by atoms with van der Waals surface area (Å²) in [5, 5.41) is 11.9. The Morgan fingerprint density at radius 3 is 2.73 bits per heavy atom. The van der Waals surface area contributed by atoms with Crippen molar-refractivity contribution in [3.63, 3.8) is 0 Å². The number of anilines is 1. The second kappa shape index (κ2) is 9.09. The average molecular weight is 432 g/mol. The van der Waals surface area contributed by atoms with Gasteiger partial charge in [-0.1, -0.05) is 0 Å². The van der Waals surface area contributed by atoms with Gasteiger partial charge in [-0.2, -0.15) is 4.98 Å². The maximum Gasteiger partial charge on any atom is 0.273 e. The van der Waals surface area contributed by atoms with E-state index >= 15 is 0 Å². The van der Waals surface area contributed by atoms with Gasteiger partial charge in [0, 0.05) is 30.8 Å². The molecule has 0 aliphatic carbocycles. The molecule has 6 nitrogen and oxygen atoms in total. The van der Waals surface area contributed by atoms with E-state index in [9.17, 15) is 13.6 Å². The quantitative estimate of drug-likeness (QED) is 0.627. The van der Waals surface area contributed by atoms with Gasteiger partial charge < -0.3 is 15.2 Å². The molecule has 0 aliphatic heterocycles. The number of rotatable bonds is 8. The van der Waals surface area contributed by atoms with Gasteiger partial charge in [0.05, 0.1) is 0 Å². The first kappa shape index (κ1) is 20.3. The first-order chi connectivity index (χ1) is 12.3. The predicted octanol–water partition coefficient (Wildman–Crippen LogP) is 3.24. The van der Waals surface area contributed by atoms with Crippen molar-refractivity contribution in [2.45, 2.75) is 32.9 Å². The zero-order chi connectivity index (χ0) is 19.3. The van der Waals surface area contributed by atoms with Gasteiger partial charge in [-0.3, -0.25) is 9.36 Å². The molecule has 26 heavy (non-hydrogen) atoms. The van der Waals surface area contributed by atoms with E-state index in [2.05, 4.69) is 26.2 Å². The van der Waals surface area contributed by atoms with Gasteiger partial charge in [-0.05, 0) is 48.3 Å². The summed E-state index contributed by atoms with van der Waals surface area (Å²) in [5.41, 5.74) is -0.209. The third-order valence-electron chi connectivity index (χ3n) is 3.54. The molecule has 2 N–H and O–H groups in total. The summed E-state index contributed by atoms with van der Waals surface area (Å²) in [4.78, 5) is 16.9. The van der Waals surface area contributed by atoms with E-state index in [1.54, 1.807) is 0 Å². The van der Waals surface area contributed by atoms with E-state index in [0.29, 0.717) is 13.0 Å². The fraction of sp³-hybridized carbons (Fsp3) is 0.412. The Bertz CT molecular complexity index is 828. The van der Waals surface area contributed by atoms with Crippen molar-refractivity contribution in [3.05, 3.63) is 50.2 Å². The Kier molecular flexibility index (Phi) is 7.10. The molecule has 1 aromatic carbocycles. The minimum atomic E-state index is -0.738. The van der Waals surface area contributed by atoms with Crippen LogP contribution in [0.1, 0.15) is 31.9 Å². The third-order valence-corrected chi connectivity index (χ3v) is 4.22. The zero-order valence-electron chi connectivity index (χ0n) is 14.4. The lowest BCUT2D eigenvalue weighted by atomic mass is 10.2. The molecule has 0 aliphatic rings. The molecule has 0 saturated carbocycles. The summed E-state index contributed by atoms with van der Waals surface area (Å²) in [7, 11) is 0. The Hall–Kier alpha value is -2.00. The molecule has 142 valence electrons. The molecule has 0 radical (unpaired) electrons. The number of aliphatic hydroxyl groups is 1. The average Bonchev–Trinajstić information content (AvgIpc) is 2.57. The molecule has 0 fully saturated rings. The smallest absolute Gasteiger partial charge is 0.273 e. The summed E-state index contributed by atoms with van der Waals surface area (Å²) in [5.74, 6) is -1.13. The van der Waals surface area contributed by atoms with E-state index in [1.165, 1.54) is 10.6 Å². The van der Waals surface area contributed by atoms with Gasteiger partial charge in [0.2, 0.25) is 11.8 Å². The van der Waals surface area contributed by atoms with Crippen LogP contribution in [0.5, 0.6) is 5.88 Å². The van der Waals surface area contributed by atoms with Gasteiger partial charge in [0.15, 0.2) is 0 Å². The minimum Gasteiger partial charge on any atom is -0.472 e. The number of hydrogen-bond donors (Lipinski definition) is 2. The highest BCUT2D eigenvalue weighted by atomic mass is 79.9. The van der Waals surface area contributed by atoms with Crippen molar-refractivity contribution in [1.29, 1.82) is 0 Å². The van der Waals surface area contributed by atoms with Crippen molar-refractivity contribution >= 4 is 21.9 Å². The molecule has 1 aromatic heterocycles. The Labute approximate surface area is 158 Å². The maximum atomic E-state index is 13.7. The number of nitrogens with one attached hydrogen (secondary N) is 1. The first-order valence-electron chi connectivity index (χ1n) is 8.08. The lowest BCUT2D eigenvalue weighted by molar-refractivity contribution is 0.283. The van der Waals surface area contributed by atoms with Crippen LogP contribution in [0.4, 0.5) is 14.7 Å². The van der Waals surface area contributed by atoms with Crippen LogP contribution in [0, 0.1) is 11.6 Å². The van der Waals surface area contributed by atoms with Crippen LogP contribution >= 0.6 is 15.9 Å². The van der Waals surface area contributed by atoms with Gasteiger partial charge >= 0.3 is 0 Å². The Morgan fingerprint density at radius 1 is 1.38 bits per heavy atom. The van der Waals surface area contributed by atoms with E-state index in [0.717, 1.165) is 12.1 Å². The highest BCUT2D eigenvalue weighted by molar-refractivity contribution is 9.10. The van der Waals surface area contributed by atoms with Gasteiger partial charge in [-0.15, -0.1) is 0 Å².